The van der Waals surface area contributed by atoms with Gasteiger partial charge in [-0.05, 0) is 48.1 Å². The van der Waals surface area contributed by atoms with E-state index in [2.05, 4.69) is 4.90 Å². The van der Waals surface area contributed by atoms with Crippen LogP contribution in [0.25, 0.3) is 0 Å². The average Bonchev–Trinajstić information content (AvgIpc) is 3.20. The third-order valence-electron chi connectivity index (χ3n) is 4.48. The van der Waals surface area contributed by atoms with Gasteiger partial charge in [-0.2, -0.15) is 11.3 Å². The zero-order valence-corrected chi connectivity index (χ0v) is 13.5. The largest absolute Gasteiger partial charge is 0.480 e. The summed E-state index contributed by atoms with van der Waals surface area (Å²) < 4.78 is 11.5. The van der Waals surface area contributed by atoms with E-state index in [0.717, 1.165) is 50.9 Å². The lowest BCUT2D eigenvalue weighted by Gasteiger charge is -2.35. The van der Waals surface area contributed by atoms with Gasteiger partial charge in [-0.1, -0.05) is 0 Å². The van der Waals surface area contributed by atoms with Crippen LogP contribution in [0.5, 0.6) is 0 Å². The van der Waals surface area contributed by atoms with Gasteiger partial charge in [0.1, 0.15) is 6.04 Å². The number of carboxylic acids is 1. The Balaban J connectivity index is 1.48. The molecule has 2 saturated heterocycles. The van der Waals surface area contributed by atoms with Gasteiger partial charge in [-0.15, -0.1) is 0 Å². The molecule has 5 nitrogen and oxygen atoms in total. The van der Waals surface area contributed by atoms with Crippen molar-refractivity contribution in [1.82, 2.24) is 4.90 Å². The van der Waals surface area contributed by atoms with Crippen LogP contribution < -0.4 is 0 Å². The summed E-state index contributed by atoms with van der Waals surface area (Å²) in [6.07, 6.45) is 4.50. The second-order valence-corrected chi connectivity index (χ2v) is 6.78. The Morgan fingerprint density at radius 2 is 2.27 bits per heavy atom. The standard InChI is InChI=1S/C16H23NO4S/c18-16(19)15(12-5-9-22-11-12)17-6-3-13(4-7-17)21-10-14-2-1-8-20-14/h5,9,11,13-15H,1-4,6-8,10H2,(H,18,19). The molecule has 2 atom stereocenters. The predicted octanol–water partition coefficient (Wildman–Crippen LogP) is 2.53. The van der Waals surface area contributed by atoms with Crippen LogP contribution in [0.2, 0.25) is 0 Å². The highest BCUT2D eigenvalue weighted by molar-refractivity contribution is 7.08. The normalized spacial score (nSPS) is 25.4. The molecule has 2 fully saturated rings. The molecule has 2 aliphatic rings. The van der Waals surface area contributed by atoms with Crippen molar-refractivity contribution in [2.75, 3.05) is 26.3 Å². The van der Waals surface area contributed by atoms with Crippen molar-refractivity contribution < 1.29 is 19.4 Å². The predicted molar refractivity (Wildman–Crippen MR) is 84.2 cm³/mol. The lowest BCUT2D eigenvalue weighted by molar-refractivity contribution is -0.145. The molecule has 0 aromatic carbocycles. The molecule has 1 aromatic rings. The van der Waals surface area contributed by atoms with Crippen molar-refractivity contribution in [3.63, 3.8) is 0 Å². The van der Waals surface area contributed by atoms with Gasteiger partial charge in [-0.3, -0.25) is 9.69 Å². The number of likely N-dealkylation sites (tertiary alicyclic amines) is 1. The summed E-state index contributed by atoms with van der Waals surface area (Å²) in [4.78, 5) is 13.6. The first-order valence-electron chi connectivity index (χ1n) is 7.96. The number of aliphatic carboxylic acids is 1. The Labute approximate surface area is 134 Å². The Morgan fingerprint density at radius 1 is 1.45 bits per heavy atom. The fourth-order valence-corrected chi connectivity index (χ4v) is 3.94. The Hall–Kier alpha value is -0.950. The molecule has 0 aliphatic carbocycles. The molecule has 0 spiro atoms. The van der Waals surface area contributed by atoms with Crippen LogP contribution in [0.1, 0.15) is 37.3 Å². The van der Waals surface area contributed by atoms with E-state index in [9.17, 15) is 9.90 Å². The number of hydrogen-bond donors (Lipinski definition) is 1. The minimum absolute atomic E-state index is 0.234. The molecule has 3 heterocycles. The van der Waals surface area contributed by atoms with E-state index in [1.165, 1.54) is 0 Å². The number of carbonyl (C=O) groups is 1. The number of piperidine rings is 1. The zero-order valence-electron chi connectivity index (χ0n) is 12.6. The van der Waals surface area contributed by atoms with Crippen LogP contribution >= 0.6 is 11.3 Å². The molecule has 0 amide bonds. The summed E-state index contributed by atoms with van der Waals surface area (Å²) in [5.74, 6) is -0.767. The summed E-state index contributed by atoms with van der Waals surface area (Å²) in [6, 6.07) is 1.38. The molecular formula is C16H23NO4S. The smallest absolute Gasteiger partial charge is 0.325 e. The molecule has 1 N–H and O–H groups in total. The van der Waals surface area contributed by atoms with Gasteiger partial charge in [-0.25, -0.2) is 0 Å². The zero-order chi connectivity index (χ0) is 15.4. The van der Waals surface area contributed by atoms with Gasteiger partial charge >= 0.3 is 5.97 Å². The first-order chi connectivity index (χ1) is 10.7. The molecule has 3 rings (SSSR count). The number of carboxylic acid groups (broad SMARTS) is 1. The van der Waals surface area contributed by atoms with Gasteiger partial charge in [0.15, 0.2) is 0 Å². The van der Waals surface area contributed by atoms with E-state index in [0.29, 0.717) is 6.61 Å². The molecule has 6 heteroatoms. The van der Waals surface area contributed by atoms with Gasteiger partial charge < -0.3 is 14.6 Å². The highest BCUT2D eigenvalue weighted by Gasteiger charge is 2.31. The number of ether oxygens (including phenoxy) is 2. The quantitative estimate of drug-likeness (QED) is 0.871. The lowest BCUT2D eigenvalue weighted by Crippen LogP contribution is -2.42. The monoisotopic (exact) mass is 325 g/mol. The fraction of sp³-hybridized carbons (Fsp3) is 0.688. The van der Waals surface area contributed by atoms with Gasteiger partial charge in [0.05, 0.1) is 18.8 Å². The van der Waals surface area contributed by atoms with Crippen molar-refractivity contribution in [1.29, 1.82) is 0 Å². The maximum Gasteiger partial charge on any atom is 0.325 e. The number of hydrogen-bond acceptors (Lipinski definition) is 5. The second-order valence-electron chi connectivity index (χ2n) is 6.00. The Morgan fingerprint density at radius 3 is 2.86 bits per heavy atom. The van der Waals surface area contributed by atoms with Crippen molar-refractivity contribution in [2.24, 2.45) is 0 Å². The lowest BCUT2D eigenvalue weighted by atomic mass is 10.0. The minimum atomic E-state index is -0.767. The van der Waals surface area contributed by atoms with Gasteiger partial charge in [0, 0.05) is 19.7 Å². The van der Waals surface area contributed by atoms with Crippen molar-refractivity contribution in [3.05, 3.63) is 22.4 Å². The third kappa shape index (κ3) is 3.87. The second kappa shape index (κ2) is 7.55. The first kappa shape index (κ1) is 15.9. The topological polar surface area (TPSA) is 59.0 Å². The highest BCUT2D eigenvalue weighted by Crippen LogP contribution is 2.27. The summed E-state index contributed by atoms with van der Waals surface area (Å²) in [7, 11) is 0. The maximum atomic E-state index is 11.6. The molecule has 0 bridgehead atoms. The molecule has 1 aromatic heterocycles. The summed E-state index contributed by atoms with van der Waals surface area (Å²) in [5, 5.41) is 13.4. The Bertz CT molecular complexity index is 465. The third-order valence-corrected chi connectivity index (χ3v) is 5.18. The van der Waals surface area contributed by atoms with Crippen molar-refractivity contribution in [3.8, 4) is 0 Å². The van der Waals surface area contributed by atoms with E-state index >= 15 is 0 Å². The molecule has 2 aliphatic heterocycles. The van der Waals surface area contributed by atoms with Crippen LogP contribution in [0.3, 0.4) is 0 Å². The molecule has 22 heavy (non-hydrogen) atoms. The summed E-state index contributed by atoms with van der Waals surface area (Å²) >= 11 is 1.54. The molecule has 0 saturated carbocycles. The van der Waals surface area contributed by atoms with E-state index < -0.39 is 12.0 Å². The number of rotatable bonds is 6. The molecule has 0 radical (unpaired) electrons. The summed E-state index contributed by atoms with van der Waals surface area (Å²) in [5.41, 5.74) is 0.885. The first-order valence-corrected chi connectivity index (χ1v) is 8.90. The molecule has 122 valence electrons. The van der Waals surface area contributed by atoms with Gasteiger partial charge in [0.2, 0.25) is 0 Å². The average molecular weight is 325 g/mol. The van der Waals surface area contributed by atoms with Crippen LogP contribution in [0.4, 0.5) is 0 Å². The van der Waals surface area contributed by atoms with Crippen LogP contribution in [0, 0.1) is 0 Å². The SMILES string of the molecule is O=C(O)C(c1ccsc1)N1CCC(OCC2CCCO2)CC1. The van der Waals surface area contributed by atoms with Crippen LogP contribution in [-0.2, 0) is 14.3 Å². The van der Waals surface area contributed by atoms with E-state index in [4.69, 9.17) is 9.47 Å². The molecular weight excluding hydrogens is 302 g/mol. The molecule has 2 unspecified atom stereocenters. The summed E-state index contributed by atoms with van der Waals surface area (Å²) in [6.45, 7) is 3.07. The van der Waals surface area contributed by atoms with Crippen LogP contribution in [0.15, 0.2) is 16.8 Å². The highest BCUT2D eigenvalue weighted by atomic mass is 32.1. The van der Waals surface area contributed by atoms with Crippen molar-refractivity contribution in [2.45, 2.75) is 43.9 Å². The number of nitrogens with zero attached hydrogens (tertiary/aromatic N) is 1. The van der Waals surface area contributed by atoms with Gasteiger partial charge in [0.25, 0.3) is 0 Å². The van der Waals surface area contributed by atoms with E-state index in [-0.39, 0.29) is 12.2 Å². The van der Waals surface area contributed by atoms with Crippen LogP contribution in [-0.4, -0.2) is 54.5 Å². The fourth-order valence-electron chi connectivity index (χ4n) is 3.26. The Kier molecular flexibility index (Phi) is 5.46. The van der Waals surface area contributed by atoms with Crippen molar-refractivity contribution >= 4 is 17.3 Å². The van der Waals surface area contributed by atoms with E-state index in [1.54, 1.807) is 11.3 Å². The number of thiophene rings is 1. The maximum absolute atomic E-state index is 11.6. The van der Waals surface area contributed by atoms with E-state index in [1.807, 2.05) is 16.8 Å². The minimum Gasteiger partial charge on any atom is -0.480 e.